The number of piperidine rings is 2. The van der Waals surface area contributed by atoms with Gasteiger partial charge in [0, 0.05) is 56.1 Å². The first kappa shape index (κ1) is 24.5. The Morgan fingerprint density at radius 2 is 1.69 bits per heavy atom. The van der Waals surface area contributed by atoms with E-state index in [9.17, 15) is 4.39 Å². The molecule has 32 heavy (non-hydrogen) atoms. The minimum absolute atomic E-state index is 0.178. The van der Waals surface area contributed by atoms with E-state index in [0.717, 1.165) is 17.2 Å². The van der Waals surface area contributed by atoms with E-state index in [2.05, 4.69) is 45.2 Å². The van der Waals surface area contributed by atoms with Crippen molar-refractivity contribution in [3.05, 3.63) is 36.1 Å². The van der Waals surface area contributed by atoms with Crippen molar-refractivity contribution in [1.29, 1.82) is 0 Å². The number of hydrogen-bond acceptors (Lipinski definition) is 5. The van der Waals surface area contributed by atoms with Crippen LogP contribution in [0.1, 0.15) is 52.4 Å². The van der Waals surface area contributed by atoms with Crippen LogP contribution in [0.25, 0.3) is 0 Å². The molecule has 4 fully saturated rings. The van der Waals surface area contributed by atoms with Crippen LogP contribution in [0.4, 0.5) is 4.39 Å². The second-order valence-electron chi connectivity index (χ2n) is 10.5. The van der Waals surface area contributed by atoms with Gasteiger partial charge in [0.15, 0.2) is 0 Å². The Labute approximate surface area is 199 Å². The Hall–Kier alpha value is -0.660. The van der Waals surface area contributed by atoms with E-state index in [1.807, 2.05) is 0 Å². The number of hydrogen-bond donors (Lipinski definition) is 1. The van der Waals surface area contributed by atoms with Crippen molar-refractivity contribution in [3.8, 4) is 0 Å². The predicted octanol–water partition coefficient (Wildman–Crippen LogP) is 4.48. The highest BCUT2D eigenvalue weighted by atomic mass is 32.2. The van der Waals surface area contributed by atoms with Crippen molar-refractivity contribution in [3.63, 3.8) is 0 Å². The Balaban J connectivity index is 0.000000300. The SMILES string of the molecule is CC1CN(C2(C)CCNCC2)CCN1CC1CCN(SC2CC2)CC1.Fc1ccccc1. The summed E-state index contributed by atoms with van der Waals surface area (Å²) in [4.78, 5) is 5.61. The first-order valence-corrected chi connectivity index (χ1v) is 13.7. The highest BCUT2D eigenvalue weighted by Gasteiger charge is 2.38. The molecule has 1 N–H and O–H groups in total. The van der Waals surface area contributed by atoms with Crippen LogP contribution in [0.2, 0.25) is 0 Å². The molecule has 4 nitrogen and oxygen atoms in total. The van der Waals surface area contributed by atoms with Crippen LogP contribution >= 0.6 is 11.9 Å². The summed E-state index contributed by atoms with van der Waals surface area (Å²) in [6.07, 6.45) is 8.38. The van der Waals surface area contributed by atoms with Crippen LogP contribution in [0.15, 0.2) is 30.3 Å². The Morgan fingerprint density at radius 3 is 2.25 bits per heavy atom. The number of benzene rings is 1. The molecule has 3 saturated heterocycles. The molecule has 0 bridgehead atoms. The maximum atomic E-state index is 11.9. The molecule has 0 aromatic heterocycles. The Morgan fingerprint density at radius 1 is 1.00 bits per heavy atom. The van der Waals surface area contributed by atoms with Crippen molar-refractivity contribution in [1.82, 2.24) is 19.4 Å². The van der Waals surface area contributed by atoms with Crippen molar-refractivity contribution >= 4 is 11.9 Å². The number of nitrogens with zero attached hydrogens (tertiary/aromatic N) is 3. The van der Waals surface area contributed by atoms with Gasteiger partial charge in [0.25, 0.3) is 0 Å². The molecule has 1 aromatic rings. The maximum Gasteiger partial charge on any atom is 0.123 e. The summed E-state index contributed by atoms with van der Waals surface area (Å²) in [6, 6.07) is 8.66. The summed E-state index contributed by atoms with van der Waals surface area (Å²) in [5.74, 6) is 0.752. The lowest BCUT2D eigenvalue weighted by atomic mass is 9.87. The molecule has 1 atom stereocenters. The number of halogens is 1. The highest BCUT2D eigenvalue weighted by molar-refractivity contribution is 7.97. The van der Waals surface area contributed by atoms with Gasteiger partial charge in [0.05, 0.1) is 0 Å². The van der Waals surface area contributed by atoms with Crippen LogP contribution in [-0.4, -0.2) is 83.3 Å². The Bertz CT molecular complexity index is 672. The lowest BCUT2D eigenvalue weighted by Crippen LogP contribution is -2.62. The fourth-order valence-corrected chi connectivity index (χ4v) is 6.56. The van der Waals surface area contributed by atoms with Crippen molar-refractivity contribution in [2.24, 2.45) is 5.92 Å². The second-order valence-corrected chi connectivity index (χ2v) is 11.9. The number of nitrogens with one attached hydrogen (secondary N) is 1. The summed E-state index contributed by atoms with van der Waals surface area (Å²) >= 11 is 2.16. The lowest BCUT2D eigenvalue weighted by molar-refractivity contribution is -0.00917. The molecule has 4 aliphatic rings. The molecule has 1 unspecified atom stereocenters. The van der Waals surface area contributed by atoms with Gasteiger partial charge in [-0.3, -0.25) is 14.1 Å². The third-order valence-corrected chi connectivity index (χ3v) is 9.26. The largest absolute Gasteiger partial charge is 0.317 e. The third-order valence-electron chi connectivity index (χ3n) is 7.83. The van der Waals surface area contributed by atoms with Crippen LogP contribution < -0.4 is 5.32 Å². The second kappa shape index (κ2) is 11.7. The molecule has 3 aliphatic heterocycles. The Kier molecular flexibility index (Phi) is 8.91. The van der Waals surface area contributed by atoms with E-state index in [1.165, 1.54) is 103 Å². The molecule has 1 aromatic carbocycles. The van der Waals surface area contributed by atoms with Crippen molar-refractivity contribution < 1.29 is 4.39 Å². The number of piperazine rings is 1. The standard InChI is InChI=1S/C20H38N4S.C6H5F/c1-17-15-23(20(2)7-9-21-10-8-20)14-13-22(17)16-18-5-11-24(12-6-18)25-19-3-4-19;7-6-4-2-1-3-5-6/h17-19,21H,3-16H2,1-2H3;1-5H. The van der Waals surface area contributed by atoms with E-state index in [0.29, 0.717) is 5.54 Å². The van der Waals surface area contributed by atoms with Gasteiger partial charge in [-0.1, -0.05) is 30.1 Å². The predicted molar refractivity (Wildman–Crippen MR) is 134 cm³/mol. The molecule has 3 heterocycles. The average molecular weight is 463 g/mol. The third kappa shape index (κ3) is 7.17. The highest BCUT2D eigenvalue weighted by Crippen LogP contribution is 2.38. The molecule has 6 heteroatoms. The van der Waals surface area contributed by atoms with Gasteiger partial charge in [0.2, 0.25) is 0 Å². The molecular formula is C26H43FN4S. The number of rotatable bonds is 5. The van der Waals surface area contributed by atoms with E-state index in [1.54, 1.807) is 18.2 Å². The monoisotopic (exact) mass is 462 g/mol. The average Bonchev–Trinajstić information content (AvgIpc) is 3.62. The molecule has 1 aliphatic carbocycles. The van der Waals surface area contributed by atoms with E-state index in [4.69, 9.17) is 0 Å². The zero-order chi connectivity index (χ0) is 22.4. The fourth-order valence-electron chi connectivity index (χ4n) is 5.37. The van der Waals surface area contributed by atoms with Crippen LogP contribution in [-0.2, 0) is 0 Å². The van der Waals surface area contributed by atoms with Crippen molar-refractivity contribution in [2.75, 3.05) is 52.4 Å². The molecule has 0 spiro atoms. The van der Waals surface area contributed by atoms with E-state index >= 15 is 0 Å². The van der Waals surface area contributed by atoms with E-state index < -0.39 is 0 Å². The lowest BCUT2D eigenvalue weighted by Gasteiger charge is -2.51. The van der Waals surface area contributed by atoms with Gasteiger partial charge in [-0.25, -0.2) is 4.39 Å². The smallest absolute Gasteiger partial charge is 0.123 e. The zero-order valence-electron chi connectivity index (χ0n) is 20.1. The summed E-state index contributed by atoms with van der Waals surface area (Å²) in [5, 5.41) is 4.50. The quantitative estimate of drug-likeness (QED) is 0.650. The first-order chi connectivity index (χ1) is 15.5. The maximum absolute atomic E-state index is 11.9. The van der Waals surface area contributed by atoms with Gasteiger partial charge in [-0.15, -0.1) is 0 Å². The summed E-state index contributed by atoms with van der Waals surface area (Å²) < 4.78 is 14.6. The fraction of sp³-hybridized carbons (Fsp3) is 0.769. The molecule has 180 valence electrons. The molecular weight excluding hydrogens is 419 g/mol. The summed E-state index contributed by atoms with van der Waals surface area (Å²) in [5.41, 5.74) is 0.441. The van der Waals surface area contributed by atoms with Gasteiger partial charge in [-0.05, 0) is 83.5 Å². The normalized spacial score (nSPS) is 28.2. The summed E-state index contributed by atoms with van der Waals surface area (Å²) in [7, 11) is 0. The molecule has 0 amide bonds. The van der Waals surface area contributed by atoms with Crippen LogP contribution in [0, 0.1) is 11.7 Å². The molecule has 0 radical (unpaired) electrons. The van der Waals surface area contributed by atoms with Crippen LogP contribution in [0.3, 0.4) is 0 Å². The van der Waals surface area contributed by atoms with Gasteiger partial charge in [0.1, 0.15) is 5.82 Å². The van der Waals surface area contributed by atoms with Crippen molar-refractivity contribution in [2.45, 2.75) is 69.2 Å². The minimum atomic E-state index is -0.178. The van der Waals surface area contributed by atoms with Gasteiger partial charge < -0.3 is 5.32 Å². The zero-order valence-corrected chi connectivity index (χ0v) is 21.0. The van der Waals surface area contributed by atoms with Crippen LogP contribution in [0.5, 0.6) is 0 Å². The minimum Gasteiger partial charge on any atom is -0.317 e. The topological polar surface area (TPSA) is 21.8 Å². The first-order valence-electron chi connectivity index (χ1n) is 12.8. The van der Waals surface area contributed by atoms with E-state index in [-0.39, 0.29) is 5.82 Å². The summed E-state index contributed by atoms with van der Waals surface area (Å²) in [6.45, 7) is 15.2. The molecule has 5 rings (SSSR count). The van der Waals surface area contributed by atoms with Gasteiger partial charge >= 0.3 is 0 Å². The van der Waals surface area contributed by atoms with Gasteiger partial charge in [-0.2, -0.15) is 0 Å². The molecule has 1 saturated carbocycles.